The fourth-order valence-electron chi connectivity index (χ4n) is 3.57. The lowest BCUT2D eigenvalue weighted by Crippen LogP contribution is -2.25. The third kappa shape index (κ3) is 3.62. The molecule has 2 aromatic heterocycles. The van der Waals surface area contributed by atoms with E-state index in [2.05, 4.69) is 10.3 Å². The molecule has 9 heteroatoms. The molecule has 0 saturated heterocycles. The summed E-state index contributed by atoms with van der Waals surface area (Å²) in [7, 11) is 0. The Hall–Kier alpha value is -4.01. The summed E-state index contributed by atoms with van der Waals surface area (Å²) in [5, 5.41) is 2.80. The third-order valence-electron chi connectivity index (χ3n) is 5.10. The largest absolute Gasteiger partial charge is 0.454 e. The van der Waals surface area contributed by atoms with Crippen molar-refractivity contribution in [3.63, 3.8) is 0 Å². The smallest absolute Gasteiger partial charge is 0.416 e. The van der Waals surface area contributed by atoms with Gasteiger partial charge in [0, 0.05) is 18.3 Å². The van der Waals surface area contributed by atoms with Gasteiger partial charge in [0.2, 0.25) is 12.6 Å². The lowest BCUT2D eigenvalue weighted by atomic mass is 10.1. The van der Waals surface area contributed by atoms with E-state index in [1.54, 1.807) is 47.0 Å². The number of imidazole rings is 1. The van der Waals surface area contributed by atoms with Gasteiger partial charge in [-0.2, -0.15) is 13.2 Å². The van der Waals surface area contributed by atoms with E-state index in [0.717, 1.165) is 17.7 Å². The van der Waals surface area contributed by atoms with Crippen molar-refractivity contribution in [1.29, 1.82) is 0 Å². The first-order valence-electron chi connectivity index (χ1n) is 9.71. The van der Waals surface area contributed by atoms with Gasteiger partial charge >= 0.3 is 6.18 Å². The normalized spacial score (nSPS) is 12.8. The van der Waals surface area contributed by atoms with Gasteiger partial charge in [-0.15, -0.1) is 0 Å². The summed E-state index contributed by atoms with van der Waals surface area (Å²) in [5.41, 5.74) is 1.13. The second-order valence-corrected chi connectivity index (χ2v) is 7.19. The lowest BCUT2D eigenvalue weighted by Gasteiger charge is -2.07. The van der Waals surface area contributed by atoms with E-state index in [1.165, 1.54) is 6.07 Å². The molecular formula is C23H16F3N3O3. The molecule has 0 spiro atoms. The van der Waals surface area contributed by atoms with E-state index in [1.807, 2.05) is 6.07 Å². The number of ether oxygens (including phenoxy) is 2. The van der Waals surface area contributed by atoms with Crippen LogP contribution in [0, 0.1) is 0 Å². The van der Waals surface area contributed by atoms with Crippen LogP contribution in [-0.4, -0.2) is 22.1 Å². The number of aromatic nitrogens is 2. The summed E-state index contributed by atoms with van der Waals surface area (Å²) >= 11 is 0. The van der Waals surface area contributed by atoms with E-state index in [0.29, 0.717) is 22.7 Å². The Morgan fingerprint density at radius 3 is 2.72 bits per heavy atom. The maximum absolute atomic E-state index is 13.2. The molecule has 0 radical (unpaired) electrons. The van der Waals surface area contributed by atoms with Crippen LogP contribution in [0.1, 0.15) is 21.7 Å². The zero-order valence-corrected chi connectivity index (χ0v) is 16.5. The van der Waals surface area contributed by atoms with Gasteiger partial charge in [-0.1, -0.05) is 24.3 Å². The highest BCUT2D eigenvalue weighted by Crippen LogP contribution is 2.34. The molecule has 5 rings (SSSR count). The van der Waals surface area contributed by atoms with Crippen molar-refractivity contribution >= 4 is 11.4 Å². The highest BCUT2D eigenvalue weighted by molar-refractivity contribution is 5.94. The number of hydrogen-bond acceptors (Lipinski definition) is 4. The number of halogens is 3. The van der Waals surface area contributed by atoms with Gasteiger partial charge in [0.05, 0.1) is 16.8 Å². The molecule has 3 heterocycles. The quantitative estimate of drug-likeness (QED) is 0.502. The van der Waals surface area contributed by atoms with Gasteiger partial charge in [0.1, 0.15) is 0 Å². The maximum Gasteiger partial charge on any atom is 0.416 e. The minimum atomic E-state index is -4.48. The summed E-state index contributed by atoms with van der Waals surface area (Å²) < 4.78 is 51.7. The predicted molar refractivity (Wildman–Crippen MR) is 109 cm³/mol. The Morgan fingerprint density at radius 2 is 1.88 bits per heavy atom. The molecule has 0 aliphatic carbocycles. The molecule has 0 unspecified atom stereocenters. The maximum atomic E-state index is 13.2. The fraction of sp³-hybridized carbons (Fsp3) is 0.130. The lowest BCUT2D eigenvalue weighted by molar-refractivity contribution is -0.137. The number of amides is 1. The van der Waals surface area contributed by atoms with Crippen LogP contribution in [0.25, 0.3) is 16.8 Å². The zero-order chi connectivity index (χ0) is 22.3. The molecule has 0 bridgehead atoms. The van der Waals surface area contributed by atoms with Crippen LogP contribution in [0.4, 0.5) is 13.2 Å². The van der Waals surface area contributed by atoms with E-state index in [9.17, 15) is 18.0 Å². The number of carbonyl (C=O) groups is 1. The second kappa shape index (κ2) is 7.60. The Kier molecular flexibility index (Phi) is 4.73. The number of nitrogens with zero attached hydrogens (tertiary/aromatic N) is 2. The molecule has 32 heavy (non-hydrogen) atoms. The number of pyridine rings is 1. The van der Waals surface area contributed by atoms with E-state index >= 15 is 0 Å². The van der Waals surface area contributed by atoms with Crippen LogP contribution >= 0.6 is 0 Å². The van der Waals surface area contributed by atoms with Gasteiger partial charge < -0.3 is 14.8 Å². The summed E-state index contributed by atoms with van der Waals surface area (Å²) in [4.78, 5) is 17.3. The van der Waals surface area contributed by atoms with Crippen LogP contribution in [0.15, 0.2) is 66.9 Å². The summed E-state index contributed by atoms with van der Waals surface area (Å²) in [6.07, 6.45) is -2.83. The molecule has 0 fully saturated rings. The number of alkyl halides is 3. The number of rotatable bonds is 4. The Morgan fingerprint density at radius 1 is 1.03 bits per heavy atom. The highest BCUT2D eigenvalue weighted by Gasteiger charge is 2.31. The summed E-state index contributed by atoms with van der Waals surface area (Å²) in [6.45, 7) is 0.375. The first-order chi connectivity index (χ1) is 15.4. The van der Waals surface area contributed by atoms with Crippen molar-refractivity contribution in [2.75, 3.05) is 6.79 Å². The molecule has 1 N–H and O–H groups in total. The number of nitrogens with one attached hydrogen (secondary N) is 1. The van der Waals surface area contributed by atoms with Crippen LogP contribution in [0.2, 0.25) is 0 Å². The molecule has 162 valence electrons. The fourth-order valence-corrected chi connectivity index (χ4v) is 3.57. The number of hydrogen-bond donors (Lipinski definition) is 1. The molecule has 1 amide bonds. The van der Waals surface area contributed by atoms with Gasteiger partial charge in [-0.05, 0) is 42.0 Å². The minimum absolute atomic E-state index is 0.0776. The number of carbonyl (C=O) groups excluding carboxylic acids is 1. The molecule has 0 atom stereocenters. The number of benzene rings is 2. The average molecular weight is 439 g/mol. The minimum Gasteiger partial charge on any atom is -0.454 e. The SMILES string of the molecule is O=C(NCc1ccc2c(c1)OCO2)c1nc(-c2cccc(C(F)(F)F)c2)c2ccccn12. The van der Waals surface area contributed by atoms with Crippen molar-refractivity contribution in [1.82, 2.24) is 14.7 Å². The van der Waals surface area contributed by atoms with Crippen molar-refractivity contribution in [2.24, 2.45) is 0 Å². The third-order valence-corrected chi connectivity index (χ3v) is 5.10. The Labute approximate surface area is 180 Å². The van der Waals surface area contributed by atoms with Crippen LogP contribution < -0.4 is 14.8 Å². The van der Waals surface area contributed by atoms with Crippen molar-refractivity contribution in [3.8, 4) is 22.8 Å². The molecule has 0 saturated carbocycles. The summed E-state index contributed by atoms with van der Waals surface area (Å²) in [5.74, 6) is 0.871. The average Bonchev–Trinajstić information content (AvgIpc) is 3.41. The second-order valence-electron chi connectivity index (χ2n) is 7.19. The molecule has 1 aliphatic rings. The topological polar surface area (TPSA) is 64.9 Å². The van der Waals surface area contributed by atoms with Crippen LogP contribution in [-0.2, 0) is 12.7 Å². The molecule has 1 aliphatic heterocycles. The molecule has 2 aromatic carbocycles. The molecule has 4 aromatic rings. The van der Waals surface area contributed by atoms with Gasteiger partial charge in [0.25, 0.3) is 5.91 Å². The predicted octanol–water partition coefficient (Wildman–Crippen LogP) is 4.68. The van der Waals surface area contributed by atoms with Crippen molar-refractivity contribution < 1.29 is 27.4 Å². The van der Waals surface area contributed by atoms with E-state index < -0.39 is 17.6 Å². The van der Waals surface area contributed by atoms with Crippen molar-refractivity contribution in [2.45, 2.75) is 12.7 Å². The number of fused-ring (bicyclic) bond motifs is 2. The Bertz CT molecular complexity index is 1330. The molecular weight excluding hydrogens is 423 g/mol. The van der Waals surface area contributed by atoms with E-state index in [4.69, 9.17) is 9.47 Å². The molecule has 6 nitrogen and oxygen atoms in total. The van der Waals surface area contributed by atoms with Crippen molar-refractivity contribution in [3.05, 3.63) is 83.8 Å². The standard InChI is InChI=1S/C23H16F3N3O3/c24-23(25,26)16-5-3-4-15(11-16)20-17-6-1-2-9-29(17)21(28-20)22(30)27-12-14-7-8-18-19(10-14)32-13-31-18/h1-11H,12-13H2,(H,27,30). The van der Waals surface area contributed by atoms with Crippen LogP contribution in [0.5, 0.6) is 11.5 Å². The first kappa shape index (κ1) is 19.9. The summed E-state index contributed by atoms with van der Waals surface area (Å²) in [6, 6.07) is 15.4. The van der Waals surface area contributed by atoms with Gasteiger partial charge in [-0.25, -0.2) is 4.98 Å². The van der Waals surface area contributed by atoms with Gasteiger partial charge in [-0.3, -0.25) is 9.20 Å². The first-order valence-corrected chi connectivity index (χ1v) is 9.71. The monoisotopic (exact) mass is 439 g/mol. The zero-order valence-electron chi connectivity index (χ0n) is 16.5. The Balaban J connectivity index is 1.45. The highest BCUT2D eigenvalue weighted by atomic mass is 19.4. The van der Waals surface area contributed by atoms with Crippen LogP contribution in [0.3, 0.4) is 0 Å². The van der Waals surface area contributed by atoms with Gasteiger partial charge in [0.15, 0.2) is 11.5 Å². The van der Waals surface area contributed by atoms with E-state index in [-0.39, 0.29) is 24.7 Å².